The van der Waals surface area contributed by atoms with Crippen molar-refractivity contribution in [3.63, 3.8) is 0 Å². The number of nitrogens with zero attached hydrogens (tertiary/aromatic N) is 1. The van der Waals surface area contributed by atoms with Crippen LogP contribution in [0.25, 0.3) is 0 Å². The molecule has 1 aromatic carbocycles. The van der Waals surface area contributed by atoms with Gasteiger partial charge in [0.15, 0.2) is 5.79 Å². The van der Waals surface area contributed by atoms with Gasteiger partial charge in [-0.25, -0.2) is 0 Å². The van der Waals surface area contributed by atoms with Gasteiger partial charge in [0.25, 0.3) is 0 Å². The first kappa shape index (κ1) is 13.7. The molecule has 0 bridgehead atoms. The normalized spacial score (nSPS) is 23.1. The topological polar surface area (TPSA) is 21.7 Å². The second kappa shape index (κ2) is 5.58. The summed E-state index contributed by atoms with van der Waals surface area (Å²) in [4.78, 5) is 2.34. The highest BCUT2D eigenvalue weighted by atomic mass is 35.5. The second-order valence-electron chi connectivity index (χ2n) is 5.16. The molecule has 2 heterocycles. The molecule has 2 aliphatic rings. The number of halogens is 2. The summed E-state index contributed by atoms with van der Waals surface area (Å²) in [6.45, 7) is 4.08. The van der Waals surface area contributed by atoms with Crippen LogP contribution < -0.4 is 0 Å². The van der Waals surface area contributed by atoms with Crippen molar-refractivity contribution >= 4 is 23.2 Å². The molecule has 0 radical (unpaired) electrons. The number of likely N-dealkylation sites (tertiary alicyclic amines) is 1. The van der Waals surface area contributed by atoms with Crippen LogP contribution in [0.5, 0.6) is 0 Å². The number of benzene rings is 1. The van der Waals surface area contributed by atoms with Crippen molar-refractivity contribution < 1.29 is 9.47 Å². The Morgan fingerprint density at radius 3 is 2.74 bits per heavy atom. The van der Waals surface area contributed by atoms with E-state index in [0.29, 0.717) is 18.2 Å². The molecule has 2 aliphatic heterocycles. The van der Waals surface area contributed by atoms with E-state index in [1.807, 2.05) is 12.1 Å². The van der Waals surface area contributed by atoms with Gasteiger partial charge < -0.3 is 9.47 Å². The van der Waals surface area contributed by atoms with Gasteiger partial charge in [-0.15, -0.1) is 0 Å². The van der Waals surface area contributed by atoms with Gasteiger partial charge in [-0.05, 0) is 30.7 Å². The zero-order chi connectivity index (χ0) is 13.3. The van der Waals surface area contributed by atoms with Crippen molar-refractivity contribution in [1.82, 2.24) is 4.90 Å². The van der Waals surface area contributed by atoms with E-state index in [-0.39, 0.29) is 5.79 Å². The van der Waals surface area contributed by atoms with E-state index in [2.05, 4.69) is 4.90 Å². The minimum absolute atomic E-state index is 0.378. The lowest BCUT2D eigenvalue weighted by atomic mass is 10.0. The Balaban J connectivity index is 1.69. The fourth-order valence-electron chi connectivity index (χ4n) is 2.83. The molecule has 3 rings (SSSR count). The number of hydrogen-bond donors (Lipinski definition) is 0. The Kier molecular flexibility index (Phi) is 4.01. The zero-order valence-corrected chi connectivity index (χ0v) is 12.2. The van der Waals surface area contributed by atoms with E-state index in [9.17, 15) is 0 Å². The van der Waals surface area contributed by atoms with Crippen LogP contribution in [-0.2, 0) is 16.0 Å². The Labute approximate surface area is 123 Å². The standard InChI is InChI=1S/C14H17Cl2NO2/c15-12-3-2-11(13(16)8-12)9-17-5-1-4-14(10-17)18-6-7-19-14/h2-3,8H,1,4-7,9-10H2. The molecule has 3 nitrogen and oxygen atoms in total. The van der Waals surface area contributed by atoms with E-state index in [4.69, 9.17) is 32.7 Å². The van der Waals surface area contributed by atoms with Crippen LogP contribution in [0.15, 0.2) is 18.2 Å². The second-order valence-corrected chi connectivity index (χ2v) is 6.00. The molecule has 19 heavy (non-hydrogen) atoms. The van der Waals surface area contributed by atoms with E-state index in [1.54, 1.807) is 6.07 Å². The molecule has 0 saturated carbocycles. The Hall–Kier alpha value is -0.320. The van der Waals surface area contributed by atoms with Gasteiger partial charge in [0.2, 0.25) is 0 Å². The van der Waals surface area contributed by atoms with Crippen LogP contribution in [0.4, 0.5) is 0 Å². The number of ether oxygens (including phenoxy) is 2. The van der Waals surface area contributed by atoms with Crippen LogP contribution in [0, 0.1) is 0 Å². The molecule has 0 aliphatic carbocycles. The molecule has 1 spiro atoms. The van der Waals surface area contributed by atoms with Crippen LogP contribution in [0.3, 0.4) is 0 Å². The maximum Gasteiger partial charge on any atom is 0.181 e. The third-order valence-corrected chi connectivity index (χ3v) is 4.31. The van der Waals surface area contributed by atoms with Crippen molar-refractivity contribution in [2.75, 3.05) is 26.3 Å². The Bertz CT molecular complexity index is 461. The number of hydrogen-bond acceptors (Lipinski definition) is 3. The zero-order valence-electron chi connectivity index (χ0n) is 10.7. The third kappa shape index (κ3) is 3.06. The highest BCUT2D eigenvalue weighted by Crippen LogP contribution is 2.31. The van der Waals surface area contributed by atoms with Crippen molar-refractivity contribution in [2.24, 2.45) is 0 Å². The molecular weight excluding hydrogens is 285 g/mol. The third-order valence-electron chi connectivity index (χ3n) is 3.72. The lowest BCUT2D eigenvalue weighted by Gasteiger charge is -2.38. The van der Waals surface area contributed by atoms with Gasteiger partial charge >= 0.3 is 0 Å². The van der Waals surface area contributed by atoms with Gasteiger partial charge in [0.1, 0.15) is 0 Å². The fourth-order valence-corrected chi connectivity index (χ4v) is 3.30. The molecule has 0 N–H and O–H groups in total. The first-order chi connectivity index (χ1) is 9.17. The average Bonchev–Trinajstić information content (AvgIpc) is 2.81. The predicted octanol–water partition coefficient (Wildman–Crippen LogP) is 3.33. The van der Waals surface area contributed by atoms with Gasteiger partial charge in [-0.3, -0.25) is 4.90 Å². The maximum atomic E-state index is 6.23. The maximum absolute atomic E-state index is 6.23. The Morgan fingerprint density at radius 1 is 1.21 bits per heavy atom. The molecule has 0 unspecified atom stereocenters. The summed E-state index contributed by atoms with van der Waals surface area (Å²) in [5.41, 5.74) is 1.10. The van der Waals surface area contributed by atoms with Crippen LogP contribution in [0.2, 0.25) is 10.0 Å². The molecule has 1 aromatic rings. The summed E-state index contributed by atoms with van der Waals surface area (Å²) in [7, 11) is 0. The van der Waals surface area contributed by atoms with Crippen LogP contribution >= 0.6 is 23.2 Å². The molecule has 2 fully saturated rings. The molecular formula is C14H17Cl2NO2. The first-order valence-corrected chi connectivity index (χ1v) is 7.37. The van der Waals surface area contributed by atoms with Gasteiger partial charge in [-0.2, -0.15) is 0 Å². The highest BCUT2D eigenvalue weighted by Gasteiger charge is 2.40. The highest BCUT2D eigenvalue weighted by molar-refractivity contribution is 6.35. The van der Waals surface area contributed by atoms with E-state index in [0.717, 1.165) is 43.1 Å². The van der Waals surface area contributed by atoms with Crippen molar-refractivity contribution in [2.45, 2.75) is 25.2 Å². The summed E-state index contributed by atoms with van der Waals surface area (Å²) in [5, 5.41) is 1.40. The van der Waals surface area contributed by atoms with E-state index >= 15 is 0 Å². The summed E-state index contributed by atoms with van der Waals surface area (Å²) in [6.07, 6.45) is 2.07. The number of piperidine rings is 1. The van der Waals surface area contributed by atoms with Gasteiger partial charge in [0.05, 0.1) is 19.8 Å². The molecule has 5 heteroatoms. The predicted molar refractivity (Wildman–Crippen MR) is 75.6 cm³/mol. The average molecular weight is 302 g/mol. The lowest BCUT2D eigenvalue weighted by molar-refractivity contribution is -0.190. The quantitative estimate of drug-likeness (QED) is 0.836. The van der Waals surface area contributed by atoms with Crippen LogP contribution in [-0.4, -0.2) is 37.0 Å². The monoisotopic (exact) mass is 301 g/mol. The van der Waals surface area contributed by atoms with E-state index < -0.39 is 0 Å². The summed E-state index contributed by atoms with van der Waals surface area (Å²) < 4.78 is 11.6. The van der Waals surface area contributed by atoms with Crippen molar-refractivity contribution in [3.8, 4) is 0 Å². The minimum Gasteiger partial charge on any atom is -0.346 e. The SMILES string of the molecule is Clc1ccc(CN2CCCC3(C2)OCCO3)c(Cl)c1. The largest absolute Gasteiger partial charge is 0.346 e. The molecule has 0 atom stereocenters. The summed E-state index contributed by atoms with van der Waals surface area (Å²) in [5.74, 6) is -0.378. The fraction of sp³-hybridized carbons (Fsp3) is 0.571. The van der Waals surface area contributed by atoms with Crippen molar-refractivity contribution in [3.05, 3.63) is 33.8 Å². The molecule has 0 aromatic heterocycles. The van der Waals surface area contributed by atoms with Gasteiger partial charge in [0, 0.05) is 23.0 Å². The smallest absolute Gasteiger partial charge is 0.181 e. The van der Waals surface area contributed by atoms with Crippen molar-refractivity contribution in [1.29, 1.82) is 0 Å². The number of rotatable bonds is 2. The van der Waals surface area contributed by atoms with E-state index in [1.165, 1.54) is 0 Å². The lowest BCUT2D eigenvalue weighted by Crippen LogP contribution is -2.48. The molecule has 0 amide bonds. The van der Waals surface area contributed by atoms with Gasteiger partial charge in [-0.1, -0.05) is 29.3 Å². The minimum atomic E-state index is -0.378. The first-order valence-electron chi connectivity index (χ1n) is 6.61. The molecule has 2 saturated heterocycles. The Morgan fingerprint density at radius 2 is 2.00 bits per heavy atom. The molecule has 104 valence electrons. The summed E-state index contributed by atoms with van der Waals surface area (Å²) >= 11 is 12.1. The summed E-state index contributed by atoms with van der Waals surface area (Å²) in [6, 6.07) is 5.66. The van der Waals surface area contributed by atoms with Crippen LogP contribution in [0.1, 0.15) is 18.4 Å².